The maximum absolute atomic E-state index is 15.8. The number of amides is 1. The molecule has 11 heteroatoms. The Kier molecular flexibility index (Phi) is 4.82. The van der Waals surface area contributed by atoms with Gasteiger partial charge in [-0.15, -0.1) is 0 Å². The van der Waals surface area contributed by atoms with E-state index in [1.807, 2.05) is 0 Å². The molecule has 1 aliphatic heterocycles. The van der Waals surface area contributed by atoms with Crippen LogP contribution in [0, 0.1) is 23.5 Å². The number of rotatable bonds is 4. The van der Waals surface area contributed by atoms with E-state index < -0.39 is 51.4 Å². The summed E-state index contributed by atoms with van der Waals surface area (Å²) in [5.74, 6) is -3.48. The van der Waals surface area contributed by atoms with E-state index >= 15 is 8.78 Å². The number of hydrogen-bond acceptors (Lipinski definition) is 6. The Labute approximate surface area is 193 Å². The van der Waals surface area contributed by atoms with Crippen molar-refractivity contribution in [3.8, 4) is 0 Å². The Morgan fingerprint density at radius 3 is 2.32 bits per heavy atom. The summed E-state index contributed by atoms with van der Waals surface area (Å²) in [6, 6.07) is -0.319. The average molecular weight is 476 g/mol. The van der Waals surface area contributed by atoms with Gasteiger partial charge in [0.1, 0.15) is 16.9 Å². The van der Waals surface area contributed by atoms with Crippen LogP contribution in [0.3, 0.4) is 0 Å². The number of carboxylic acid groups (broad SMARTS) is 1. The van der Waals surface area contributed by atoms with Gasteiger partial charge in [0, 0.05) is 43.2 Å². The van der Waals surface area contributed by atoms with Crippen molar-refractivity contribution >= 4 is 34.3 Å². The number of aromatic nitrogens is 1. The standard InChI is InChI=1S/C23H26F2N4O5/c1-23(2,3)34-22(33)27-17-10-6-28(7-11(10)17)19-14(24)16(26)13-18(15(19)25)29(9-4-5-9)8-12(20(13)30)21(31)32/h8-11,17H,4-7,26H2,1-3H3,(H,27,33)(H,31,32)/t10-,11+,17+. The molecule has 0 radical (unpaired) electrons. The molecule has 2 heterocycles. The molecule has 0 unspecified atom stereocenters. The molecule has 3 atom stereocenters. The molecule has 3 aliphatic rings. The van der Waals surface area contributed by atoms with Crippen LogP contribution in [-0.2, 0) is 4.74 Å². The number of fused-ring (bicyclic) bond motifs is 2. The fraction of sp³-hybridized carbons (Fsp3) is 0.522. The number of anilines is 2. The van der Waals surface area contributed by atoms with Crippen LogP contribution in [-0.4, -0.2) is 46.5 Å². The zero-order valence-electron chi connectivity index (χ0n) is 19.0. The molecule has 5 rings (SSSR count). The van der Waals surface area contributed by atoms with Crippen molar-refractivity contribution in [1.82, 2.24) is 9.88 Å². The number of alkyl carbamates (subject to hydrolysis) is 1. The maximum Gasteiger partial charge on any atom is 0.407 e. The molecule has 1 saturated heterocycles. The van der Waals surface area contributed by atoms with Crippen LogP contribution in [0.4, 0.5) is 25.0 Å². The van der Waals surface area contributed by atoms with E-state index in [1.54, 1.807) is 20.8 Å². The number of nitrogens with two attached hydrogens (primary N) is 1. The third-order valence-electron chi connectivity index (χ3n) is 6.73. The minimum Gasteiger partial charge on any atom is -0.477 e. The summed E-state index contributed by atoms with van der Waals surface area (Å²) in [5, 5.41) is 11.8. The van der Waals surface area contributed by atoms with Gasteiger partial charge in [0.25, 0.3) is 0 Å². The zero-order valence-corrected chi connectivity index (χ0v) is 19.0. The van der Waals surface area contributed by atoms with Crippen molar-refractivity contribution in [3.05, 3.63) is 33.6 Å². The predicted molar refractivity (Wildman–Crippen MR) is 120 cm³/mol. The van der Waals surface area contributed by atoms with E-state index in [2.05, 4.69) is 5.32 Å². The summed E-state index contributed by atoms with van der Waals surface area (Å²) in [5.41, 5.74) is 2.70. The van der Waals surface area contributed by atoms with Gasteiger partial charge in [0.2, 0.25) is 5.43 Å². The van der Waals surface area contributed by atoms with E-state index in [0.29, 0.717) is 25.9 Å². The number of carboxylic acids is 1. The second kappa shape index (κ2) is 7.31. The van der Waals surface area contributed by atoms with Gasteiger partial charge >= 0.3 is 12.1 Å². The topological polar surface area (TPSA) is 127 Å². The lowest BCUT2D eigenvalue weighted by atomic mass is 10.1. The molecule has 1 aromatic carbocycles. The molecule has 1 amide bonds. The minimum absolute atomic E-state index is 0.00301. The van der Waals surface area contributed by atoms with E-state index in [0.717, 1.165) is 6.20 Å². The van der Waals surface area contributed by atoms with Crippen LogP contribution in [0.1, 0.15) is 50.0 Å². The lowest BCUT2D eigenvalue weighted by molar-refractivity contribution is 0.0517. The fourth-order valence-corrected chi connectivity index (χ4v) is 4.99. The van der Waals surface area contributed by atoms with Crippen LogP contribution in [0.25, 0.3) is 10.9 Å². The highest BCUT2D eigenvalue weighted by atomic mass is 19.1. The Morgan fingerprint density at radius 1 is 1.18 bits per heavy atom. The van der Waals surface area contributed by atoms with Crippen molar-refractivity contribution < 1.29 is 28.2 Å². The summed E-state index contributed by atoms with van der Waals surface area (Å²) in [7, 11) is 0. The van der Waals surface area contributed by atoms with E-state index in [1.165, 1.54) is 9.47 Å². The van der Waals surface area contributed by atoms with E-state index in [9.17, 15) is 19.5 Å². The molecule has 2 aliphatic carbocycles. The van der Waals surface area contributed by atoms with Crippen molar-refractivity contribution in [3.63, 3.8) is 0 Å². The van der Waals surface area contributed by atoms with Crippen molar-refractivity contribution in [2.75, 3.05) is 23.7 Å². The highest BCUT2D eigenvalue weighted by Crippen LogP contribution is 2.49. The zero-order chi connectivity index (χ0) is 24.7. The Bertz CT molecular complexity index is 1290. The van der Waals surface area contributed by atoms with Gasteiger partial charge in [-0.3, -0.25) is 4.79 Å². The number of piperidine rings is 1. The number of halogens is 2. The number of nitrogens with zero attached hydrogens (tertiary/aromatic N) is 2. The lowest BCUT2D eigenvalue weighted by Gasteiger charge is -2.26. The number of nitrogen functional groups attached to an aromatic ring is 1. The molecule has 9 nitrogen and oxygen atoms in total. The Hall–Kier alpha value is -3.37. The number of benzene rings is 1. The van der Waals surface area contributed by atoms with E-state index in [-0.39, 0.29) is 35.1 Å². The van der Waals surface area contributed by atoms with Gasteiger partial charge in [-0.25, -0.2) is 18.4 Å². The predicted octanol–water partition coefficient (Wildman–Crippen LogP) is 2.85. The number of carbonyl (C=O) groups excluding carboxylic acids is 1. The molecule has 0 spiro atoms. The number of carbonyl (C=O) groups is 2. The molecule has 4 N–H and O–H groups in total. The summed E-state index contributed by atoms with van der Waals surface area (Å²) in [6.45, 7) is 5.88. The second-order valence-electron chi connectivity index (χ2n) is 10.3. The van der Waals surface area contributed by atoms with Crippen molar-refractivity contribution in [2.45, 2.75) is 51.3 Å². The van der Waals surface area contributed by atoms with Crippen LogP contribution < -0.4 is 21.4 Å². The molecule has 0 bridgehead atoms. The summed E-state index contributed by atoms with van der Waals surface area (Å²) >= 11 is 0. The molecule has 1 aromatic heterocycles. The first-order chi connectivity index (χ1) is 15.9. The third kappa shape index (κ3) is 3.54. The monoisotopic (exact) mass is 476 g/mol. The first kappa shape index (κ1) is 22.4. The summed E-state index contributed by atoms with van der Waals surface area (Å²) in [4.78, 5) is 37.9. The average Bonchev–Trinajstić information content (AvgIpc) is 3.62. The van der Waals surface area contributed by atoms with Crippen molar-refractivity contribution in [2.24, 2.45) is 11.8 Å². The lowest BCUT2D eigenvalue weighted by Crippen LogP contribution is -2.38. The van der Waals surface area contributed by atoms with Gasteiger partial charge in [-0.1, -0.05) is 0 Å². The second-order valence-corrected chi connectivity index (χ2v) is 10.3. The molecule has 34 heavy (non-hydrogen) atoms. The maximum atomic E-state index is 15.8. The number of aromatic carboxylic acids is 1. The smallest absolute Gasteiger partial charge is 0.407 e. The highest BCUT2D eigenvalue weighted by Gasteiger charge is 2.57. The first-order valence-corrected chi connectivity index (χ1v) is 11.2. The SMILES string of the molecule is CC(C)(C)OC(=O)N[C@H]1[C@@H]2CN(c3c(F)c(N)c4c(=O)c(C(=O)O)cn(C5CC5)c4c3F)C[C@@H]21. The number of hydrogen-bond donors (Lipinski definition) is 3. The van der Waals surface area contributed by atoms with Crippen LogP contribution in [0.5, 0.6) is 0 Å². The first-order valence-electron chi connectivity index (χ1n) is 11.2. The van der Waals surface area contributed by atoms with E-state index in [4.69, 9.17) is 10.5 Å². The Balaban J connectivity index is 1.48. The van der Waals surface area contributed by atoms with Crippen LogP contribution in [0.2, 0.25) is 0 Å². The fourth-order valence-electron chi connectivity index (χ4n) is 4.99. The van der Waals surface area contributed by atoms with Crippen LogP contribution >= 0.6 is 0 Å². The van der Waals surface area contributed by atoms with Gasteiger partial charge in [0.05, 0.1) is 16.6 Å². The van der Waals surface area contributed by atoms with Gasteiger partial charge in [0.15, 0.2) is 11.6 Å². The highest BCUT2D eigenvalue weighted by molar-refractivity contribution is 5.99. The number of ether oxygens (including phenoxy) is 1. The molecule has 182 valence electrons. The number of pyridine rings is 1. The summed E-state index contributed by atoms with van der Waals surface area (Å²) in [6.07, 6.45) is 1.97. The van der Waals surface area contributed by atoms with Gasteiger partial charge < -0.3 is 30.4 Å². The molecule has 3 fully saturated rings. The molecular weight excluding hydrogens is 450 g/mol. The molecule has 2 saturated carbocycles. The Morgan fingerprint density at radius 2 is 1.79 bits per heavy atom. The number of nitrogens with one attached hydrogen (secondary N) is 1. The van der Waals surface area contributed by atoms with Crippen molar-refractivity contribution in [1.29, 1.82) is 0 Å². The minimum atomic E-state index is -1.48. The quantitative estimate of drug-likeness (QED) is 0.579. The largest absolute Gasteiger partial charge is 0.477 e. The normalized spacial score (nSPS) is 23.7. The molecular formula is C23H26F2N4O5. The van der Waals surface area contributed by atoms with Gasteiger partial charge in [-0.05, 0) is 33.6 Å². The summed E-state index contributed by atoms with van der Waals surface area (Å²) < 4.78 is 37.8. The van der Waals surface area contributed by atoms with Crippen LogP contribution in [0.15, 0.2) is 11.0 Å². The third-order valence-corrected chi connectivity index (χ3v) is 6.73. The van der Waals surface area contributed by atoms with Gasteiger partial charge in [-0.2, -0.15) is 0 Å². The molecule has 2 aromatic rings.